The summed E-state index contributed by atoms with van der Waals surface area (Å²) in [7, 11) is 2.70. The molecule has 1 N–H and O–H groups in total. The molecule has 0 aliphatic rings. The van der Waals surface area contributed by atoms with Crippen LogP contribution in [0, 0.1) is 0 Å². The first-order chi connectivity index (χ1) is 15.8. The zero-order valence-electron chi connectivity index (χ0n) is 19.6. The van der Waals surface area contributed by atoms with Crippen molar-refractivity contribution in [3.05, 3.63) is 47.8 Å². The van der Waals surface area contributed by atoms with Crippen LogP contribution in [-0.2, 0) is 16.4 Å². The van der Waals surface area contributed by atoms with Crippen LogP contribution in [0.4, 0.5) is 5.69 Å². The molecule has 0 spiro atoms. The van der Waals surface area contributed by atoms with Crippen molar-refractivity contribution in [3.8, 4) is 23.0 Å². The van der Waals surface area contributed by atoms with Crippen LogP contribution in [0.3, 0.4) is 0 Å². The standard InChI is InChI=1S/C24H30N2O6S/c1-6-7-10-33(27,28)26-19-15-24(32-5)22(30-3)13-17(19)11-20-18-14-23(31-4)21(29-2)12-16(18)8-9-25-20/h8-9,12-15,26H,6-7,10-11H2,1-5H3. The summed E-state index contributed by atoms with van der Waals surface area (Å²) in [6, 6.07) is 9.08. The molecule has 3 aromatic rings. The number of pyridine rings is 1. The van der Waals surface area contributed by atoms with Gasteiger partial charge in [-0.15, -0.1) is 0 Å². The van der Waals surface area contributed by atoms with Gasteiger partial charge in [-0.2, -0.15) is 0 Å². The maximum Gasteiger partial charge on any atom is 0.232 e. The lowest BCUT2D eigenvalue weighted by atomic mass is 10.0. The molecular weight excluding hydrogens is 444 g/mol. The number of methoxy groups -OCH3 is 4. The smallest absolute Gasteiger partial charge is 0.232 e. The number of rotatable bonds is 11. The summed E-state index contributed by atoms with van der Waals surface area (Å²) in [6.45, 7) is 1.95. The number of aromatic nitrogens is 1. The first-order valence-corrected chi connectivity index (χ1v) is 12.3. The van der Waals surface area contributed by atoms with Gasteiger partial charge in [0.1, 0.15) is 0 Å². The normalized spacial score (nSPS) is 11.3. The van der Waals surface area contributed by atoms with E-state index in [1.165, 1.54) is 7.11 Å². The van der Waals surface area contributed by atoms with E-state index in [1.54, 1.807) is 39.7 Å². The molecule has 1 heterocycles. The Bertz CT molecular complexity index is 1230. The van der Waals surface area contributed by atoms with Crippen LogP contribution in [0.1, 0.15) is 31.0 Å². The van der Waals surface area contributed by atoms with Gasteiger partial charge in [0.2, 0.25) is 10.0 Å². The predicted molar refractivity (Wildman–Crippen MR) is 130 cm³/mol. The maximum absolute atomic E-state index is 12.7. The highest BCUT2D eigenvalue weighted by Crippen LogP contribution is 2.37. The molecule has 9 heteroatoms. The van der Waals surface area contributed by atoms with E-state index in [0.717, 1.165) is 22.9 Å². The summed E-state index contributed by atoms with van der Waals surface area (Å²) in [5.41, 5.74) is 1.90. The number of hydrogen-bond donors (Lipinski definition) is 1. The van der Waals surface area contributed by atoms with E-state index in [-0.39, 0.29) is 5.75 Å². The average Bonchev–Trinajstić information content (AvgIpc) is 2.82. The number of ether oxygens (including phenoxy) is 4. The Labute approximate surface area is 194 Å². The van der Waals surface area contributed by atoms with Gasteiger partial charge in [-0.25, -0.2) is 8.42 Å². The van der Waals surface area contributed by atoms with Crippen LogP contribution in [0.25, 0.3) is 10.8 Å². The third kappa shape index (κ3) is 5.60. The molecule has 1 aromatic heterocycles. The Kier molecular flexibility index (Phi) is 7.86. The number of sulfonamides is 1. The van der Waals surface area contributed by atoms with E-state index in [9.17, 15) is 8.42 Å². The summed E-state index contributed by atoms with van der Waals surface area (Å²) in [6.07, 6.45) is 3.43. The zero-order valence-corrected chi connectivity index (χ0v) is 20.4. The lowest BCUT2D eigenvalue weighted by Gasteiger charge is -2.17. The molecule has 178 valence electrons. The van der Waals surface area contributed by atoms with Crippen molar-refractivity contribution in [2.45, 2.75) is 26.2 Å². The number of benzene rings is 2. The highest BCUT2D eigenvalue weighted by atomic mass is 32.2. The van der Waals surface area contributed by atoms with E-state index in [2.05, 4.69) is 9.71 Å². The first kappa shape index (κ1) is 24.4. The molecule has 0 aliphatic carbocycles. The minimum atomic E-state index is -3.52. The zero-order chi connectivity index (χ0) is 24.0. The van der Waals surface area contributed by atoms with Crippen LogP contribution >= 0.6 is 0 Å². The summed E-state index contributed by atoms with van der Waals surface area (Å²) in [5, 5.41) is 1.81. The molecule has 0 saturated carbocycles. The highest BCUT2D eigenvalue weighted by Gasteiger charge is 2.19. The number of nitrogens with zero attached hydrogens (tertiary/aromatic N) is 1. The predicted octanol–water partition coefficient (Wildman–Crippen LogP) is 4.40. The molecule has 0 atom stereocenters. The van der Waals surface area contributed by atoms with Crippen molar-refractivity contribution in [2.24, 2.45) is 0 Å². The second-order valence-electron chi connectivity index (χ2n) is 7.50. The van der Waals surface area contributed by atoms with Crippen molar-refractivity contribution in [3.63, 3.8) is 0 Å². The fraction of sp³-hybridized carbons (Fsp3) is 0.375. The van der Waals surface area contributed by atoms with Gasteiger partial charge in [-0.05, 0) is 41.6 Å². The molecule has 0 aliphatic heterocycles. The van der Waals surface area contributed by atoms with E-state index < -0.39 is 10.0 Å². The van der Waals surface area contributed by atoms with Gasteiger partial charge >= 0.3 is 0 Å². The Hall–Kier alpha value is -3.20. The molecule has 0 radical (unpaired) electrons. The highest BCUT2D eigenvalue weighted by molar-refractivity contribution is 7.92. The van der Waals surface area contributed by atoms with Gasteiger partial charge in [0.25, 0.3) is 0 Å². The SMILES string of the molecule is CCCCS(=O)(=O)Nc1cc(OC)c(OC)cc1Cc1nccc2cc(OC)c(OC)cc12. The molecule has 8 nitrogen and oxygen atoms in total. The van der Waals surface area contributed by atoms with Crippen molar-refractivity contribution >= 4 is 26.5 Å². The number of anilines is 1. The fourth-order valence-electron chi connectivity index (χ4n) is 3.60. The third-order valence-corrected chi connectivity index (χ3v) is 6.71. The molecule has 0 amide bonds. The Balaban J connectivity index is 2.11. The molecule has 33 heavy (non-hydrogen) atoms. The van der Waals surface area contributed by atoms with Crippen molar-refractivity contribution in [1.82, 2.24) is 4.98 Å². The summed E-state index contributed by atoms with van der Waals surface area (Å²) < 4.78 is 49.8. The van der Waals surface area contributed by atoms with Crippen LogP contribution in [-0.4, -0.2) is 47.6 Å². The fourth-order valence-corrected chi connectivity index (χ4v) is 4.89. The van der Waals surface area contributed by atoms with E-state index in [4.69, 9.17) is 18.9 Å². The quantitative estimate of drug-likeness (QED) is 0.440. The molecule has 0 bridgehead atoms. The third-order valence-electron chi connectivity index (χ3n) is 5.35. The summed E-state index contributed by atoms with van der Waals surface area (Å²) in [4.78, 5) is 4.57. The Morgan fingerprint density at radius 1 is 0.879 bits per heavy atom. The lowest BCUT2D eigenvalue weighted by Crippen LogP contribution is -2.18. The minimum absolute atomic E-state index is 0.0425. The van der Waals surface area contributed by atoms with Crippen LogP contribution < -0.4 is 23.7 Å². The number of hydrogen-bond acceptors (Lipinski definition) is 7. The van der Waals surface area contributed by atoms with Gasteiger partial charge < -0.3 is 18.9 Å². The minimum Gasteiger partial charge on any atom is -0.493 e. The monoisotopic (exact) mass is 474 g/mol. The van der Waals surface area contributed by atoms with Gasteiger partial charge in [-0.3, -0.25) is 9.71 Å². The van der Waals surface area contributed by atoms with Crippen LogP contribution in [0.5, 0.6) is 23.0 Å². The average molecular weight is 475 g/mol. The maximum atomic E-state index is 12.7. The topological polar surface area (TPSA) is 96.0 Å². The second kappa shape index (κ2) is 10.6. The van der Waals surface area contributed by atoms with E-state index in [1.807, 2.05) is 25.1 Å². The molecule has 3 rings (SSSR count). The number of nitrogens with one attached hydrogen (secondary N) is 1. The van der Waals surface area contributed by atoms with Crippen molar-refractivity contribution in [1.29, 1.82) is 0 Å². The van der Waals surface area contributed by atoms with Gasteiger partial charge in [0.05, 0.1) is 45.6 Å². The largest absolute Gasteiger partial charge is 0.493 e. The molecule has 0 unspecified atom stereocenters. The molecule has 0 fully saturated rings. The van der Waals surface area contributed by atoms with Crippen LogP contribution in [0.15, 0.2) is 36.5 Å². The first-order valence-electron chi connectivity index (χ1n) is 10.6. The molecular formula is C24H30N2O6S. The number of fused-ring (bicyclic) bond motifs is 1. The Morgan fingerprint density at radius 2 is 1.48 bits per heavy atom. The summed E-state index contributed by atoms with van der Waals surface area (Å²) >= 11 is 0. The lowest BCUT2D eigenvalue weighted by molar-refractivity contribution is 0.355. The van der Waals surface area contributed by atoms with Crippen molar-refractivity contribution < 1.29 is 27.4 Å². The van der Waals surface area contributed by atoms with Gasteiger partial charge in [-0.1, -0.05) is 13.3 Å². The van der Waals surface area contributed by atoms with Gasteiger partial charge in [0.15, 0.2) is 23.0 Å². The number of unbranched alkanes of at least 4 members (excludes halogenated alkanes) is 1. The van der Waals surface area contributed by atoms with Crippen molar-refractivity contribution in [2.75, 3.05) is 38.9 Å². The van der Waals surface area contributed by atoms with E-state index >= 15 is 0 Å². The molecule has 0 saturated heterocycles. The Morgan fingerprint density at radius 3 is 2.12 bits per heavy atom. The van der Waals surface area contributed by atoms with E-state index in [0.29, 0.717) is 47.1 Å². The molecule has 2 aromatic carbocycles. The van der Waals surface area contributed by atoms with Crippen LogP contribution in [0.2, 0.25) is 0 Å². The van der Waals surface area contributed by atoms with Gasteiger partial charge in [0, 0.05) is 24.1 Å². The second-order valence-corrected chi connectivity index (χ2v) is 9.34. The summed E-state index contributed by atoms with van der Waals surface area (Å²) in [5.74, 6) is 2.20.